The van der Waals surface area contributed by atoms with Gasteiger partial charge in [0.05, 0.1) is 18.2 Å². The summed E-state index contributed by atoms with van der Waals surface area (Å²) in [5.41, 5.74) is 7.16. The second-order valence-corrected chi connectivity index (χ2v) is 5.25. The van der Waals surface area contributed by atoms with Crippen LogP contribution in [-0.2, 0) is 5.54 Å². The Balaban J connectivity index is 2.02. The molecule has 92 valence electrons. The van der Waals surface area contributed by atoms with Gasteiger partial charge in [-0.2, -0.15) is 0 Å². The van der Waals surface area contributed by atoms with Crippen LogP contribution in [0.2, 0.25) is 5.02 Å². The Morgan fingerprint density at radius 3 is 2.59 bits per heavy atom. The third kappa shape index (κ3) is 1.87. The van der Waals surface area contributed by atoms with Gasteiger partial charge in [-0.05, 0) is 37.0 Å². The lowest BCUT2D eigenvalue weighted by molar-refractivity contribution is 0.251. The summed E-state index contributed by atoms with van der Waals surface area (Å²) in [6.07, 6.45) is 4.10. The molecule has 1 fully saturated rings. The minimum Gasteiger partial charge on any atom is -0.489 e. The number of nitrogens with two attached hydrogens (primary N) is 1. The zero-order chi connectivity index (χ0) is 11.9. The number of hydrogen-bond donors (Lipinski definition) is 1. The molecule has 0 amide bonds. The summed E-state index contributed by atoms with van der Waals surface area (Å²) in [5.74, 6) is 1.40. The summed E-state index contributed by atoms with van der Waals surface area (Å²) in [6.45, 7) is 1.32. The SMILES string of the molecule is NC1(c2cc(Cl)c3c(c2)OCCCO3)CCC1. The van der Waals surface area contributed by atoms with Crippen molar-refractivity contribution < 1.29 is 9.47 Å². The number of benzene rings is 1. The summed E-state index contributed by atoms with van der Waals surface area (Å²) in [4.78, 5) is 0. The fraction of sp³-hybridized carbons (Fsp3) is 0.538. The number of halogens is 1. The van der Waals surface area contributed by atoms with Crippen molar-refractivity contribution in [2.24, 2.45) is 5.73 Å². The Hall–Kier alpha value is -0.930. The van der Waals surface area contributed by atoms with E-state index in [2.05, 4.69) is 0 Å². The smallest absolute Gasteiger partial charge is 0.179 e. The Morgan fingerprint density at radius 2 is 1.88 bits per heavy atom. The molecule has 0 bridgehead atoms. The van der Waals surface area contributed by atoms with Crippen LogP contribution in [0.1, 0.15) is 31.2 Å². The molecule has 3 rings (SSSR count). The molecule has 0 radical (unpaired) electrons. The van der Waals surface area contributed by atoms with Crippen molar-refractivity contribution in [1.82, 2.24) is 0 Å². The van der Waals surface area contributed by atoms with Gasteiger partial charge in [-0.15, -0.1) is 0 Å². The summed E-state index contributed by atoms with van der Waals surface area (Å²) < 4.78 is 11.3. The third-order valence-corrected chi connectivity index (χ3v) is 3.90. The van der Waals surface area contributed by atoms with Crippen molar-refractivity contribution in [3.05, 3.63) is 22.7 Å². The lowest BCUT2D eigenvalue weighted by Crippen LogP contribution is -2.43. The maximum absolute atomic E-state index is 6.31. The van der Waals surface area contributed by atoms with Gasteiger partial charge in [0, 0.05) is 12.0 Å². The quantitative estimate of drug-likeness (QED) is 0.837. The van der Waals surface area contributed by atoms with Crippen LogP contribution < -0.4 is 15.2 Å². The lowest BCUT2D eigenvalue weighted by Gasteiger charge is -2.39. The fourth-order valence-corrected chi connectivity index (χ4v) is 2.63. The van der Waals surface area contributed by atoms with Crippen molar-refractivity contribution >= 4 is 11.6 Å². The molecule has 0 saturated heterocycles. The first-order valence-corrected chi connectivity index (χ1v) is 6.45. The van der Waals surface area contributed by atoms with Crippen LogP contribution in [0.3, 0.4) is 0 Å². The van der Waals surface area contributed by atoms with Gasteiger partial charge in [0.25, 0.3) is 0 Å². The van der Waals surface area contributed by atoms with E-state index >= 15 is 0 Å². The number of fused-ring (bicyclic) bond motifs is 1. The van der Waals surface area contributed by atoms with Crippen molar-refractivity contribution in [3.8, 4) is 11.5 Å². The van der Waals surface area contributed by atoms with E-state index in [-0.39, 0.29) is 5.54 Å². The van der Waals surface area contributed by atoms with Crippen LogP contribution in [0.4, 0.5) is 0 Å². The molecule has 4 heteroatoms. The van der Waals surface area contributed by atoms with Crippen LogP contribution in [0.25, 0.3) is 0 Å². The van der Waals surface area contributed by atoms with E-state index < -0.39 is 0 Å². The van der Waals surface area contributed by atoms with Crippen LogP contribution >= 0.6 is 11.6 Å². The molecule has 2 N–H and O–H groups in total. The van der Waals surface area contributed by atoms with Crippen LogP contribution in [0.15, 0.2) is 12.1 Å². The molecule has 1 aromatic carbocycles. The van der Waals surface area contributed by atoms with Crippen molar-refractivity contribution in [3.63, 3.8) is 0 Å². The second kappa shape index (κ2) is 4.07. The van der Waals surface area contributed by atoms with Gasteiger partial charge in [0.1, 0.15) is 0 Å². The minimum absolute atomic E-state index is 0.214. The first kappa shape index (κ1) is 11.2. The zero-order valence-corrected chi connectivity index (χ0v) is 10.4. The highest BCUT2D eigenvalue weighted by Gasteiger charge is 2.35. The molecular weight excluding hydrogens is 238 g/mol. The van der Waals surface area contributed by atoms with Crippen LogP contribution in [0.5, 0.6) is 11.5 Å². The van der Waals surface area contributed by atoms with Crippen molar-refractivity contribution in [2.75, 3.05) is 13.2 Å². The second-order valence-electron chi connectivity index (χ2n) is 4.85. The highest BCUT2D eigenvalue weighted by Crippen LogP contribution is 2.45. The van der Waals surface area contributed by atoms with E-state index in [0.29, 0.717) is 24.0 Å². The Labute approximate surface area is 106 Å². The normalized spacial score (nSPS) is 21.5. The first-order valence-electron chi connectivity index (χ1n) is 6.08. The largest absolute Gasteiger partial charge is 0.489 e. The van der Waals surface area contributed by atoms with E-state index in [1.54, 1.807) is 0 Å². The van der Waals surface area contributed by atoms with Gasteiger partial charge in [0.2, 0.25) is 0 Å². The van der Waals surface area contributed by atoms with Gasteiger partial charge in [-0.3, -0.25) is 0 Å². The van der Waals surface area contributed by atoms with E-state index in [9.17, 15) is 0 Å². The third-order valence-electron chi connectivity index (χ3n) is 3.62. The van der Waals surface area contributed by atoms with Gasteiger partial charge in [-0.1, -0.05) is 11.6 Å². The van der Waals surface area contributed by atoms with Crippen LogP contribution in [0, 0.1) is 0 Å². The van der Waals surface area contributed by atoms with Gasteiger partial charge >= 0.3 is 0 Å². The predicted octanol–water partition coefficient (Wildman–Crippen LogP) is 2.84. The number of rotatable bonds is 1. The topological polar surface area (TPSA) is 44.5 Å². The lowest BCUT2D eigenvalue weighted by atomic mass is 9.73. The summed E-state index contributed by atoms with van der Waals surface area (Å²) in [7, 11) is 0. The maximum atomic E-state index is 6.31. The number of ether oxygens (including phenoxy) is 2. The Kier molecular flexibility index (Phi) is 2.68. The average Bonchev–Trinajstić information content (AvgIpc) is 2.51. The molecule has 1 aromatic rings. The molecule has 0 aromatic heterocycles. The molecular formula is C13H16ClNO2. The molecule has 2 aliphatic rings. The zero-order valence-electron chi connectivity index (χ0n) is 9.67. The van der Waals surface area contributed by atoms with E-state index in [1.807, 2.05) is 12.1 Å². The monoisotopic (exact) mass is 253 g/mol. The van der Waals surface area contributed by atoms with Gasteiger partial charge < -0.3 is 15.2 Å². The molecule has 1 heterocycles. The van der Waals surface area contributed by atoms with E-state index in [0.717, 1.165) is 30.6 Å². The molecule has 1 aliphatic carbocycles. The minimum atomic E-state index is -0.214. The molecule has 0 unspecified atom stereocenters. The Bertz CT molecular complexity index is 443. The Morgan fingerprint density at radius 1 is 1.12 bits per heavy atom. The molecule has 0 atom stereocenters. The fourth-order valence-electron chi connectivity index (χ4n) is 2.36. The molecule has 1 saturated carbocycles. The highest BCUT2D eigenvalue weighted by molar-refractivity contribution is 6.32. The van der Waals surface area contributed by atoms with Gasteiger partial charge in [0.15, 0.2) is 11.5 Å². The maximum Gasteiger partial charge on any atom is 0.179 e. The predicted molar refractivity (Wildman–Crippen MR) is 66.8 cm³/mol. The molecule has 1 aliphatic heterocycles. The van der Waals surface area contributed by atoms with E-state index in [4.69, 9.17) is 26.8 Å². The van der Waals surface area contributed by atoms with Gasteiger partial charge in [-0.25, -0.2) is 0 Å². The molecule has 17 heavy (non-hydrogen) atoms. The van der Waals surface area contributed by atoms with Crippen molar-refractivity contribution in [1.29, 1.82) is 0 Å². The summed E-state index contributed by atoms with van der Waals surface area (Å²) >= 11 is 6.25. The van der Waals surface area contributed by atoms with Crippen LogP contribution in [-0.4, -0.2) is 13.2 Å². The highest BCUT2D eigenvalue weighted by atomic mass is 35.5. The first-order chi connectivity index (χ1) is 8.19. The molecule has 0 spiro atoms. The standard InChI is InChI=1S/C13H16ClNO2/c14-10-7-9(13(15)3-1-4-13)8-11-12(10)17-6-2-5-16-11/h7-8H,1-6,15H2. The summed E-state index contributed by atoms with van der Waals surface area (Å²) in [6, 6.07) is 3.92. The number of hydrogen-bond acceptors (Lipinski definition) is 3. The molecule has 3 nitrogen and oxygen atoms in total. The average molecular weight is 254 g/mol. The van der Waals surface area contributed by atoms with Crippen molar-refractivity contribution in [2.45, 2.75) is 31.2 Å². The van der Waals surface area contributed by atoms with E-state index in [1.165, 1.54) is 6.42 Å². The summed E-state index contributed by atoms with van der Waals surface area (Å²) in [5, 5.41) is 0.608.